The molecule has 0 atom stereocenters. The van der Waals surface area contributed by atoms with Crippen LogP contribution in [0.1, 0.15) is 29.5 Å². The van der Waals surface area contributed by atoms with Crippen LogP contribution in [0.5, 0.6) is 0 Å². The lowest BCUT2D eigenvalue weighted by atomic mass is 9.98. The molecule has 3 rings (SSSR count). The van der Waals surface area contributed by atoms with Gasteiger partial charge >= 0.3 is 0 Å². The Morgan fingerprint density at radius 1 is 0.667 bits per heavy atom. The first-order valence-electron chi connectivity index (χ1n) is 8.67. The summed E-state index contributed by atoms with van der Waals surface area (Å²) in [5.41, 5.74) is 3.69. The number of rotatable bonds is 7. The van der Waals surface area contributed by atoms with Gasteiger partial charge in [-0.1, -0.05) is 72.8 Å². The molecular weight excluding hydrogens is 292 g/mol. The number of hydrogen-bond donors (Lipinski definition) is 1. The molecule has 0 fully saturated rings. The molecule has 122 valence electrons. The minimum atomic E-state index is 0.109. The molecule has 0 unspecified atom stereocenters. The lowest BCUT2D eigenvalue weighted by molar-refractivity contribution is 0.281. The molecular formula is C23H24O. The number of allylic oxidation sites excluding steroid dienone is 2. The van der Waals surface area contributed by atoms with Gasteiger partial charge in [-0.3, -0.25) is 0 Å². The van der Waals surface area contributed by atoms with Crippen molar-refractivity contribution in [3.63, 3.8) is 0 Å². The molecule has 0 saturated carbocycles. The zero-order valence-corrected chi connectivity index (χ0v) is 14.0. The van der Waals surface area contributed by atoms with Gasteiger partial charge < -0.3 is 5.11 Å². The zero-order chi connectivity index (χ0) is 16.6. The van der Waals surface area contributed by atoms with Crippen molar-refractivity contribution in [2.75, 3.05) is 0 Å². The van der Waals surface area contributed by atoms with Crippen LogP contribution in [0.25, 0.3) is 10.8 Å². The molecule has 1 N–H and O–H groups in total. The van der Waals surface area contributed by atoms with Gasteiger partial charge in [-0.15, -0.1) is 0 Å². The predicted octanol–water partition coefficient (Wildman–Crippen LogP) is 5.45. The molecule has 0 amide bonds. The Kier molecular flexibility index (Phi) is 5.81. The van der Waals surface area contributed by atoms with E-state index in [9.17, 15) is 5.11 Å². The molecule has 3 aromatic rings. The van der Waals surface area contributed by atoms with Crippen LogP contribution in [0, 0.1) is 0 Å². The van der Waals surface area contributed by atoms with Gasteiger partial charge in [-0.25, -0.2) is 0 Å². The molecule has 1 heteroatoms. The maximum Gasteiger partial charge on any atom is 0.0684 e. The van der Waals surface area contributed by atoms with Crippen molar-refractivity contribution < 1.29 is 5.11 Å². The highest BCUT2D eigenvalue weighted by atomic mass is 16.3. The molecule has 24 heavy (non-hydrogen) atoms. The lowest BCUT2D eigenvalue weighted by Crippen LogP contribution is -1.94. The fourth-order valence-corrected chi connectivity index (χ4v) is 3.08. The van der Waals surface area contributed by atoms with E-state index >= 15 is 0 Å². The number of aliphatic hydroxyl groups is 1. The number of benzene rings is 3. The third-order valence-corrected chi connectivity index (χ3v) is 4.43. The Labute approximate surface area is 144 Å². The predicted molar refractivity (Wildman–Crippen MR) is 102 cm³/mol. The van der Waals surface area contributed by atoms with Crippen LogP contribution >= 0.6 is 0 Å². The molecule has 0 aromatic heterocycles. The molecule has 0 spiro atoms. The summed E-state index contributed by atoms with van der Waals surface area (Å²) in [5.74, 6) is 0. The Hall–Kier alpha value is -2.38. The second-order valence-electron chi connectivity index (χ2n) is 6.16. The van der Waals surface area contributed by atoms with E-state index in [0.717, 1.165) is 31.2 Å². The Bertz CT molecular complexity index is 803. The standard InChI is InChI=1S/C23H24O/c24-18-23-17-21-15-9-8-14-20(21)16-22(23)13-7-2-1-4-10-19-11-5-3-6-12-19/h1-3,5-6,8-9,11-12,14-17,24H,4,7,10,13,18H2/b2-1+. The second-order valence-corrected chi connectivity index (χ2v) is 6.16. The van der Waals surface area contributed by atoms with Gasteiger partial charge in [0.25, 0.3) is 0 Å². The van der Waals surface area contributed by atoms with E-state index in [4.69, 9.17) is 0 Å². The van der Waals surface area contributed by atoms with Crippen LogP contribution in [0.4, 0.5) is 0 Å². The summed E-state index contributed by atoms with van der Waals surface area (Å²) < 4.78 is 0. The Morgan fingerprint density at radius 3 is 1.92 bits per heavy atom. The van der Waals surface area contributed by atoms with Gasteiger partial charge in [0.1, 0.15) is 0 Å². The van der Waals surface area contributed by atoms with Gasteiger partial charge in [0.2, 0.25) is 0 Å². The van der Waals surface area contributed by atoms with Crippen molar-refractivity contribution >= 4 is 10.8 Å². The average Bonchev–Trinajstić information content (AvgIpc) is 2.64. The summed E-state index contributed by atoms with van der Waals surface area (Å²) in [7, 11) is 0. The van der Waals surface area contributed by atoms with Crippen molar-refractivity contribution in [2.45, 2.75) is 32.3 Å². The molecule has 0 heterocycles. The van der Waals surface area contributed by atoms with Crippen molar-refractivity contribution in [1.29, 1.82) is 0 Å². The van der Waals surface area contributed by atoms with Crippen LogP contribution in [0.2, 0.25) is 0 Å². The summed E-state index contributed by atoms with van der Waals surface area (Å²) in [5, 5.41) is 12.1. The van der Waals surface area contributed by atoms with Crippen LogP contribution in [-0.4, -0.2) is 5.11 Å². The van der Waals surface area contributed by atoms with E-state index in [1.165, 1.54) is 21.9 Å². The molecule has 3 aromatic carbocycles. The summed E-state index contributed by atoms with van der Waals surface area (Å²) in [6, 6.07) is 23.3. The van der Waals surface area contributed by atoms with E-state index < -0.39 is 0 Å². The average molecular weight is 316 g/mol. The molecule has 0 radical (unpaired) electrons. The fraction of sp³-hybridized carbons (Fsp3) is 0.217. The second kappa shape index (κ2) is 8.47. The van der Waals surface area contributed by atoms with Crippen molar-refractivity contribution in [3.8, 4) is 0 Å². The summed E-state index contributed by atoms with van der Waals surface area (Å²) in [6.45, 7) is 0.109. The highest BCUT2D eigenvalue weighted by Gasteiger charge is 2.03. The zero-order valence-electron chi connectivity index (χ0n) is 14.0. The van der Waals surface area contributed by atoms with Gasteiger partial charge in [-0.2, -0.15) is 0 Å². The van der Waals surface area contributed by atoms with Crippen molar-refractivity contribution in [2.24, 2.45) is 0 Å². The van der Waals surface area contributed by atoms with Gasteiger partial charge in [0.05, 0.1) is 6.61 Å². The largest absolute Gasteiger partial charge is 0.392 e. The smallest absolute Gasteiger partial charge is 0.0684 e. The highest BCUT2D eigenvalue weighted by Crippen LogP contribution is 2.21. The van der Waals surface area contributed by atoms with Gasteiger partial charge in [0, 0.05) is 0 Å². The maximum atomic E-state index is 9.63. The van der Waals surface area contributed by atoms with Crippen molar-refractivity contribution in [3.05, 3.63) is 95.6 Å². The maximum absolute atomic E-state index is 9.63. The van der Waals surface area contributed by atoms with E-state index in [-0.39, 0.29) is 6.61 Å². The van der Waals surface area contributed by atoms with Crippen molar-refractivity contribution in [1.82, 2.24) is 0 Å². The lowest BCUT2D eigenvalue weighted by Gasteiger charge is -2.09. The number of hydrogen-bond acceptors (Lipinski definition) is 1. The summed E-state index contributed by atoms with van der Waals surface area (Å²) >= 11 is 0. The normalized spacial score (nSPS) is 11.4. The Morgan fingerprint density at radius 2 is 1.25 bits per heavy atom. The quantitative estimate of drug-likeness (QED) is 0.574. The molecule has 0 aliphatic carbocycles. The Balaban J connectivity index is 1.56. The highest BCUT2D eigenvalue weighted by molar-refractivity contribution is 5.84. The van der Waals surface area contributed by atoms with Gasteiger partial charge in [-0.05, 0) is 59.2 Å². The molecule has 0 aliphatic heterocycles. The first kappa shape index (κ1) is 16.5. The number of aryl methyl sites for hydroxylation is 2. The SMILES string of the molecule is OCc1cc2ccccc2cc1CC/C=C/CCc1ccccc1. The number of aliphatic hydroxyl groups excluding tert-OH is 1. The first-order chi connectivity index (χ1) is 11.9. The van der Waals surface area contributed by atoms with E-state index in [1.54, 1.807) is 0 Å². The topological polar surface area (TPSA) is 20.2 Å². The minimum Gasteiger partial charge on any atom is -0.392 e. The van der Waals surface area contributed by atoms with Crippen LogP contribution in [0.3, 0.4) is 0 Å². The summed E-state index contributed by atoms with van der Waals surface area (Å²) in [6.07, 6.45) is 8.69. The van der Waals surface area contributed by atoms with Crippen LogP contribution in [-0.2, 0) is 19.4 Å². The van der Waals surface area contributed by atoms with Gasteiger partial charge in [0.15, 0.2) is 0 Å². The van der Waals surface area contributed by atoms with Crippen LogP contribution < -0.4 is 0 Å². The van der Waals surface area contributed by atoms with E-state index in [1.807, 2.05) is 6.07 Å². The molecule has 1 nitrogen and oxygen atoms in total. The van der Waals surface area contributed by atoms with E-state index in [0.29, 0.717) is 0 Å². The molecule has 0 saturated heterocycles. The van der Waals surface area contributed by atoms with E-state index in [2.05, 4.69) is 72.8 Å². The molecule has 0 aliphatic rings. The molecule has 0 bridgehead atoms. The number of fused-ring (bicyclic) bond motifs is 1. The summed E-state index contributed by atoms with van der Waals surface area (Å²) in [4.78, 5) is 0. The van der Waals surface area contributed by atoms with Crippen LogP contribution in [0.15, 0.2) is 78.9 Å². The third-order valence-electron chi connectivity index (χ3n) is 4.43. The first-order valence-corrected chi connectivity index (χ1v) is 8.67. The third kappa shape index (κ3) is 4.33. The monoisotopic (exact) mass is 316 g/mol. The fourth-order valence-electron chi connectivity index (χ4n) is 3.08. The minimum absolute atomic E-state index is 0.109.